The maximum atomic E-state index is 13.2. The highest BCUT2D eigenvalue weighted by molar-refractivity contribution is 5.81. The van der Waals surface area contributed by atoms with Crippen LogP contribution in [0, 0.1) is 5.92 Å². The molecule has 0 spiro atoms. The molecule has 0 bridgehead atoms. The number of aliphatic hydroxyl groups excluding tert-OH is 1. The molecule has 1 aliphatic heterocycles. The molecule has 248 valence electrons. The van der Waals surface area contributed by atoms with Gasteiger partial charge in [-0.1, -0.05) is 81.4 Å². The van der Waals surface area contributed by atoms with E-state index in [1.165, 1.54) is 0 Å². The molecule has 6 atom stereocenters. The molecule has 1 aliphatic rings. The maximum Gasteiger partial charge on any atom is 0.408 e. The Morgan fingerprint density at radius 3 is 2.16 bits per heavy atom. The zero-order chi connectivity index (χ0) is 33.2. The predicted molar refractivity (Wildman–Crippen MR) is 167 cm³/mol. The maximum absolute atomic E-state index is 13.2. The largest absolute Gasteiger partial charge is 0.461 e. The lowest BCUT2D eigenvalue weighted by Crippen LogP contribution is -2.71. The van der Waals surface area contributed by atoms with Crippen LogP contribution in [0.3, 0.4) is 0 Å². The molecule has 2 aromatic rings. The van der Waals surface area contributed by atoms with E-state index in [1.54, 1.807) is 34.6 Å². The number of nitrogens with one attached hydrogen (secondary N) is 2. The lowest BCUT2D eigenvalue weighted by atomic mass is 9.86. The fraction of sp³-hybridized carbons (Fsp3) is 0.559. The van der Waals surface area contributed by atoms with Crippen LogP contribution in [0.1, 0.15) is 65.5 Å². The van der Waals surface area contributed by atoms with E-state index in [0.29, 0.717) is 12.0 Å². The number of hydrogen-bond acceptors (Lipinski definition) is 9. The molecule has 0 saturated carbocycles. The van der Waals surface area contributed by atoms with Crippen molar-refractivity contribution in [3.05, 3.63) is 71.8 Å². The molecule has 45 heavy (non-hydrogen) atoms. The fourth-order valence-electron chi connectivity index (χ4n) is 5.06. The molecule has 2 unspecified atom stereocenters. The number of carbonyl (C=O) groups is 3. The Labute approximate surface area is 265 Å². The van der Waals surface area contributed by atoms with Crippen molar-refractivity contribution in [3.63, 3.8) is 0 Å². The summed E-state index contributed by atoms with van der Waals surface area (Å²) < 4.78 is 23.2. The first-order chi connectivity index (χ1) is 21.2. The van der Waals surface area contributed by atoms with Gasteiger partial charge in [-0.15, -0.1) is 0 Å². The topological polar surface area (TPSA) is 153 Å². The Bertz CT molecular complexity index is 1240. The van der Waals surface area contributed by atoms with Crippen LogP contribution in [0.4, 0.5) is 4.79 Å². The third kappa shape index (κ3) is 10.8. The van der Waals surface area contributed by atoms with Crippen molar-refractivity contribution in [2.45, 2.75) is 109 Å². The number of alkyl carbamates (subject to hydrolysis) is 1. The van der Waals surface area contributed by atoms with Crippen LogP contribution in [-0.4, -0.2) is 76.6 Å². The van der Waals surface area contributed by atoms with Crippen LogP contribution in [0.2, 0.25) is 0 Å². The van der Waals surface area contributed by atoms with Gasteiger partial charge in [0.2, 0.25) is 5.91 Å². The van der Waals surface area contributed by atoms with Crippen molar-refractivity contribution in [2.75, 3.05) is 6.61 Å². The second kappa shape index (κ2) is 16.2. The third-order valence-corrected chi connectivity index (χ3v) is 7.25. The Morgan fingerprint density at radius 1 is 1.00 bits per heavy atom. The number of aliphatic hydroxyl groups is 2. The molecular formula is C34H48N2O9. The number of carbonyl (C=O) groups excluding carboxylic acids is 3. The van der Waals surface area contributed by atoms with E-state index in [4.69, 9.17) is 18.9 Å². The zero-order valence-electron chi connectivity index (χ0n) is 27.0. The molecule has 1 fully saturated rings. The van der Waals surface area contributed by atoms with Gasteiger partial charge in [0.05, 0.1) is 6.61 Å². The van der Waals surface area contributed by atoms with Crippen molar-refractivity contribution in [1.29, 1.82) is 0 Å². The van der Waals surface area contributed by atoms with Crippen molar-refractivity contribution in [1.82, 2.24) is 10.6 Å². The van der Waals surface area contributed by atoms with Gasteiger partial charge in [0, 0.05) is 12.8 Å². The quantitative estimate of drug-likeness (QED) is 0.244. The van der Waals surface area contributed by atoms with Crippen molar-refractivity contribution in [2.24, 2.45) is 5.92 Å². The molecule has 4 N–H and O–H groups in total. The summed E-state index contributed by atoms with van der Waals surface area (Å²) in [6.45, 7) is 10.1. The Hall–Kier alpha value is -3.51. The van der Waals surface area contributed by atoms with Gasteiger partial charge in [-0.2, -0.15) is 0 Å². The van der Waals surface area contributed by atoms with Crippen LogP contribution in [0.25, 0.3) is 0 Å². The summed E-state index contributed by atoms with van der Waals surface area (Å²) >= 11 is 0. The first kappa shape index (κ1) is 36.0. The van der Waals surface area contributed by atoms with E-state index < -0.39 is 60.5 Å². The molecule has 11 heteroatoms. The number of ether oxygens (including phenoxy) is 4. The minimum Gasteiger partial charge on any atom is -0.461 e. The van der Waals surface area contributed by atoms with E-state index >= 15 is 0 Å². The average molecular weight is 629 g/mol. The van der Waals surface area contributed by atoms with Crippen molar-refractivity contribution < 1.29 is 43.5 Å². The molecule has 0 radical (unpaired) electrons. The number of esters is 1. The minimum atomic E-state index is -2.05. The monoisotopic (exact) mass is 628 g/mol. The molecule has 0 aromatic heterocycles. The van der Waals surface area contributed by atoms with Crippen LogP contribution < -0.4 is 10.6 Å². The van der Waals surface area contributed by atoms with Gasteiger partial charge in [0.1, 0.15) is 42.6 Å². The molecule has 0 aliphatic carbocycles. The van der Waals surface area contributed by atoms with E-state index in [2.05, 4.69) is 10.6 Å². The van der Waals surface area contributed by atoms with Gasteiger partial charge in [-0.25, -0.2) is 9.59 Å². The number of rotatable bonds is 13. The molecule has 3 rings (SSSR count). The highest BCUT2D eigenvalue weighted by Gasteiger charge is 2.55. The van der Waals surface area contributed by atoms with Crippen LogP contribution in [0.5, 0.6) is 0 Å². The van der Waals surface area contributed by atoms with E-state index in [9.17, 15) is 24.6 Å². The molecule has 1 heterocycles. The van der Waals surface area contributed by atoms with Crippen LogP contribution in [0.15, 0.2) is 60.7 Å². The number of amides is 2. The highest BCUT2D eigenvalue weighted by atomic mass is 16.7. The third-order valence-electron chi connectivity index (χ3n) is 7.25. The van der Waals surface area contributed by atoms with Gasteiger partial charge < -0.3 is 39.8 Å². The first-order valence-electron chi connectivity index (χ1n) is 15.5. The number of hydrogen-bond donors (Lipinski definition) is 4. The summed E-state index contributed by atoms with van der Waals surface area (Å²) in [5, 5.41) is 29.0. The first-order valence-corrected chi connectivity index (χ1v) is 15.5. The van der Waals surface area contributed by atoms with Gasteiger partial charge in [-0.3, -0.25) is 4.79 Å². The summed E-state index contributed by atoms with van der Waals surface area (Å²) in [6, 6.07) is 16.1. The second-order valence-corrected chi connectivity index (χ2v) is 12.7. The van der Waals surface area contributed by atoms with Gasteiger partial charge in [-0.05, 0) is 44.2 Å². The fourth-order valence-corrected chi connectivity index (χ4v) is 5.06. The van der Waals surface area contributed by atoms with E-state index in [1.807, 2.05) is 67.6 Å². The summed E-state index contributed by atoms with van der Waals surface area (Å²) in [4.78, 5) is 38.4. The zero-order valence-corrected chi connectivity index (χ0v) is 27.0. The lowest BCUT2D eigenvalue weighted by Gasteiger charge is -2.49. The molecule has 1 saturated heterocycles. The number of benzene rings is 2. The highest BCUT2D eigenvalue weighted by Crippen LogP contribution is 2.34. The smallest absolute Gasteiger partial charge is 0.408 e. The normalized spacial score (nSPS) is 24.0. The van der Waals surface area contributed by atoms with E-state index in [0.717, 1.165) is 5.56 Å². The summed E-state index contributed by atoms with van der Waals surface area (Å²) in [5.41, 5.74) is 0.763. The van der Waals surface area contributed by atoms with Crippen LogP contribution in [-0.2, 0) is 41.6 Å². The Kier molecular flexibility index (Phi) is 12.9. The second-order valence-electron chi connectivity index (χ2n) is 12.7. The summed E-state index contributed by atoms with van der Waals surface area (Å²) in [6.07, 6.45) is -3.86. The Balaban J connectivity index is 1.88. The molecule has 11 nitrogen and oxygen atoms in total. The predicted octanol–water partition coefficient (Wildman–Crippen LogP) is 3.64. The Morgan fingerprint density at radius 2 is 1.60 bits per heavy atom. The van der Waals surface area contributed by atoms with Gasteiger partial charge >= 0.3 is 12.1 Å². The molecule has 2 amide bonds. The molecular weight excluding hydrogens is 580 g/mol. The van der Waals surface area contributed by atoms with Crippen molar-refractivity contribution >= 4 is 18.0 Å². The van der Waals surface area contributed by atoms with E-state index in [-0.39, 0.29) is 31.3 Å². The summed E-state index contributed by atoms with van der Waals surface area (Å²) in [7, 11) is 0. The van der Waals surface area contributed by atoms with Gasteiger partial charge in [0.15, 0.2) is 5.79 Å². The standard InChI is InChI=1S/C34H48N2O9/c1-7-14-26(37)35-30-29(42-20-24-17-12-9-13-18-24)28(38)25(44-34(30,41)19-23-15-10-8-11-16-23)21-43-31(39)27(22(2)3)36-32(40)45-33(4,5)6/h8-13,15-18,22,25,27-30,38,41H,7,14,19-21H2,1-6H3,(H,35,37)(H,36,40)/t25-,27?,28-,29+,30-,34?/m1/s1. The lowest BCUT2D eigenvalue weighted by molar-refractivity contribution is -0.324. The minimum absolute atomic E-state index is 0.0535. The van der Waals surface area contributed by atoms with Crippen molar-refractivity contribution in [3.8, 4) is 0 Å². The SMILES string of the molecule is CCCC(=O)N[C@@H]1[C@@H](OCc2ccccc2)[C@H](O)[C@@H](COC(=O)C(NC(=O)OC(C)(C)C)C(C)C)OC1(O)Cc1ccccc1. The average Bonchev–Trinajstić information content (AvgIpc) is 2.97. The van der Waals surface area contributed by atoms with Crippen LogP contribution >= 0.6 is 0 Å². The molecule has 2 aromatic carbocycles. The van der Waals surface area contributed by atoms with Gasteiger partial charge in [0.25, 0.3) is 0 Å². The summed E-state index contributed by atoms with van der Waals surface area (Å²) in [5.74, 6) is -3.50.